The number of benzene rings is 1. The van der Waals surface area contributed by atoms with E-state index in [1.54, 1.807) is 32.0 Å². The molecule has 2 N–H and O–H groups in total. The molecule has 19 heavy (non-hydrogen) atoms. The summed E-state index contributed by atoms with van der Waals surface area (Å²) in [6, 6.07) is 5.14. The van der Waals surface area contributed by atoms with Crippen molar-refractivity contribution in [2.45, 2.75) is 26.7 Å². The van der Waals surface area contributed by atoms with E-state index in [-0.39, 0.29) is 24.2 Å². The summed E-state index contributed by atoms with van der Waals surface area (Å²) in [5.41, 5.74) is 5.55. The zero-order valence-electron chi connectivity index (χ0n) is 10.8. The molecule has 104 valence electrons. The molecule has 1 aromatic carbocycles. The van der Waals surface area contributed by atoms with E-state index in [2.05, 4.69) is 10.9 Å². The zero-order chi connectivity index (χ0) is 14.4. The van der Waals surface area contributed by atoms with Gasteiger partial charge in [-0.1, -0.05) is 43.1 Å². The largest absolute Gasteiger partial charge is 0.273 e. The maximum absolute atomic E-state index is 11.5. The Hall–Kier alpha value is -1.26. The van der Waals surface area contributed by atoms with Crippen LogP contribution in [0.4, 0.5) is 0 Å². The van der Waals surface area contributed by atoms with Crippen LogP contribution in [0.25, 0.3) is 0 Å². The molecule has 0 aliphatic rings. The molecule has 0 spiro atoms. The fraction of sp³-hybridized carbons (Fsp3) is 0.385. The number of hydrogen-bond acceptors (Lipinski definition) is 2. The monoisotopic (exact) mass is 302 g/mol. The molecule has 0 aliphatic carbocycles. The third-order valence-electron chi connectivity index (χ3n) is 2.49. The highest BCUT2D eigenvalue weighted by Gasteiger charge is 2.09. The molecule has 0 radical (unpaired) electrons. The summed E-state index contributed by atoms with van der Waals surface area (Å²) < 4.78 is 0. The summed E-state index contributed by atoms with van der Waals surface area (Å²) in [5, 5.41) is 1.09. The summed E-state index contributed by atoms with van der Waals surface area (Å²) in [6.45, 7) is 3.49. The van der Waals surface area contributed by atoms with Crippen molar-refractivity contribution in [3.05, 3.63) is 33.8 Å². The van der Waals surface area contributed by atoms with Crippen LogP contribution in [0.1, 0.15) is 25.8 Å². The average molecular weight is 303 g/mol. The quantitative estimate of drug-likeness (QED) is 0.840. The van der Waals surface area contributed by atoms with Gasteiger partial charge in [-0.25, -0.2) is 0 Å². The van der Waals surface area contributed by atoms with Crippen LogP contribution in [-0.4, -0.2) is 11.8 Å². The molecular formula is C13H16Cl2N2O2. The molecule has 1 aromatic rings. The number of carbonyl (C=O) groups is 2. The van der Waals surface area contributed by atoms with Crippen molar-refractivity contribution in [3.63, 3.8) is 0 Å². The van der Waals surface area contributed by atoms with Crippen LogP contribution < -0.4 is 10.9 Å². The molecule has 0 bridgehead atoms. The van der Waals surface area contributed by atoms with Crippen molar-refractivity contribution in [1.29, 1.82) is 0 Å². The molecule has 4 nitrogen and oxygen atoms in total. The lowest BCUT2D eigenvalue weighted by Gasteiger charge is -2.09. The summed E-state index contributed by atoms with van der Waals surface area (Å²) >= 11 is 11.8. The molecule has 0 saturated heterocycles. The SMILES string of the molecule is CC(C)C(=O)NNC(=O)CCc1ccc(Cl)cc1Cl. The van der Waals surface area contributed by atoms with E-state index in [1.807, 2.05) is 0 Å². The minimum Gasteiger partial charge on any atom is -0.273 e. The van der Waals surface area contributed by atoms with Gasteiger partial charge in [0, 0.05) is 22.4 Å². The van der Waals surface area contributed by atoms with Crippen molar-refractivity contribution < 1.29 is 9.59 Å². The Morgan fingerprint density at radius 2 is 1.89 bits per heavy atom. The van der Waals surface area contributed by atoms with Crippen molar-refractivity contribution >= 4 is 35.0 Å². The predicted molar refractivity (Wildman–Crippen MR) is 75.9 cm³/mol. The van der Waals surface area contributed by atoms with Gasteiger partial charge in [-0.15, -0.1) is 0 Å². The first kappa shape index (κ1) is 15.8. The van der Waals surface area contributed by atoms with E-state index in [0.29, 0.717) is 16.5 Å². The number of amides is 2. The number of rotatable bonds is 4. The average Bonchev–Trinajstić information content (AvgIpc) is 2.34. The van der Waals surface area contributed by atoms with Gasteiger partial charge in [-0.3, -0.25) is 20.4 Å². The summed E-state index contributed by atoms with van der Waals surface area (Å²) in [6.07, 6.45) is 0.721. The molecule has 0 unspecified atom stereocenters. The second-order valence-corrected chi connectivity index (χ2v) is 5.27. The highest BCUT2D eigenvalue weighted by Crippen LogP contribution is 2.21. The van der Waals surface area contributed by atoms with E-state index in [0.717, 1.165) is 5.56 Å². The summed E-state index contributed by atoms with van der Waals surface area (Å²) in [4.78, 5) is 22.8. The van der Waals surface area contributed by atoms with Gasteiger partial charge < -0.3 is 0 Å². The Kier molecular flexibility index (Phi) is 6.12. The molecule has 0 atom stereocenters. The van der Waals surface area contributed by atoms with Gasteiger partial charge in [-0.05, 0) is 24.1 Å². The molecule has 6 heteroatoms. The van der Waals surface area contributed by atoms with E-state index in [4.69, 9.17) is 23.2 Å². The van der Waals surface area contributed by atoms with Crippen molar-refractivity contribution in [2.75, 3.05) is 0 Å². The highest BCUT2D eigenvalue weighted by atomic mass is 35.5. The second-order valence-electron chi connectivity index (χ2n) is 4.43. The maximum atomic E-state index is 11.5. The topological polar surface area (TPSA) is 58.2 Å². The summed E-state index contributed by atoms with van der Waals surface area (Å²) in [7, 11) is 0. The Morgan fingerprint density at radius 1 is 1.21 bits per heavy atom. The van der Waals surface area contributed by atoms with Crippen molar-refractivity contribution in [3.8, 4) is 0 Å². The number of hydrogen-bond donors (Lipinski definition) is 2. The Morgan fingerprint density at radius 3 is 2.47 bits per heavy atom. The molecule has 2 amide bonds. The van der Waals surface area contributed by atoms with Gasteiger partial charge in [0.1, 0.15) is 0 Å². The molecule has 0 fully saturated rings. The van der Waals surface area contributed by atoms with E-state index >= 15 is 0 Å². The minimum atomic E-state index is -0.264. The smallest absolute Gasteiger partial charge is 0.240 e. The van der Waals surface area contributed by atoms with Crippen molar-refractivity contribution in [2.24, 2.45) is 5.92 Å². The predicted octanol–water partition coefficient (Wildman–Crippen LogP) is 2.73. The molecule has 0 aliphatic heterocycles. The molecule has 0 saturated carbocycles. The van der Waals surface area contributed by atoms with E-state index < -0.39 is 0 Å². The van der Waals surface area contributed by atoms with Crippen LogP contribution in [0.15, 0.2) is 18.2 Å². The number of halogens is 2. The van der Waals surface area contributed by atoms with Gasteiger partial charge >= 0.3 is 0 Å². The van der Waals surface area contributed by atoms with Crippen LogP contribution in [0, 0.1) is 5.92 Å². The van der Waals surface area contributed by atoms with Gasteiger partial charge in [0.25, 0.3) is 0 Å². The third-order valence-corrected chi connectivity index (χ3v) is 3.07. The lowest BCUT2D eigenvalue weighted by Crippen LogP contribution is -2.43. The Labute approximate surface area is 122 Å². The van der Waals surface area contributed by atoms with Crippen LogP contribution in [0.5, 0.6) is 0 Å². The summed E-state index contributed by atoms with van der Waals surface area (Å²) in [5.74, 6) is -0.663. The zero-order valence-corrected chi connectivity index (χ0v) is 12.3. The van der Waals surface area contributed by atoms with Crippen molar-refractivity contribution in [1.82, 2.24) is 10.9 Å². The van der Waals surface area contributed by atoms with Gasteiger partial charge in [0.05, 0.1) is 0 Å². The van der Waals surface area contributed by atoms with E-state index in [9.17, 15) is 9.59 Å². The van der Waals surface area contributed by atoms with Gasteiger partial charge in [-0.2, -0.15) is 0 Å². The van der Waals surface area contributed by atoms with Crippen LogP contribution >= 0.6 is 23.2 Å². The number of aryl methyl sites for hydroxylation is 1. The molecule has 0 heterocycles. The maximum Gasteiger partial charge on any atom is 0.240 e. The van der Waals surface area contributed by atoms with Gasteiger partial charge in [0.15, 0.2) is 0 Å². The third kappa shape index (κ3) is 5.49. The highest BCUT2D eigenvalue weighted by molar-refractivity contribution is 6.35. The van der Waals surface area contributed by atoms with Crippen LogP contribution in [0.3, 0.4) is 0 Å². The number of carbonyl (C=O) groups excluding carboxylic acids is 2. The van der Waals surface area contributed by atoms with Crippen LogP contribution in [0.2, 0.25) is 10.0 Å². The Bertz CT molecular complexity index is 476. The fourth-order valence-electron chi connectivity index (χ4n) is 1.31. The normalized spacial score (nSPS) is 10.4. The first-order chi connectivity index (χ1) is 8.90. The lowest BCUT2D eigenvalue weighted by molar-refractivity contribution is -0.130. The van der Waals surface area contributed by atoms with Crippen LogP contribution in [-0.2, 0) is 16.0 Å². The fourth-order valence-corrected chi connectivity index (χ4v) is 1.81. The molecule has 0 aromatic heterocycles. The Balaban J connectivity index is 2.40. The second kappa shape index (κ2) is 7.36. The van der Waals surface area contributed by atoms with Gasteiger partial charge in [0.2, 0.25) is 11.8 Å². The lowest BCUT2D eigenvalue weighted by atomic mass is 10.1. The minimum absolute atomic E-state index is 0.175. The molecular weight excluding hydrogens is 287 g/mol. The first-order valence-corrected chi connectivity index (χ1v) is 6.68. The number of nitrogens with one attached hydrogen (secondary N) is 2. The standard InChI is InChI=1S/C13H16Cl2N2O2/c1-8(2)13(19)17-16-12(18)6-4-9-3-5-10(14)7-11(9)15/h3,5,7-8H,4,6H2,1-2H3,(H,16,18)(H,17,19). The first-order valence-electron chi connectivity index (χ1n) is 5.92. The molecule has 1 rings (SSSR count). The van der Waals surface area contributed by atoms with E-state index in [1.165, 1.54) is 0 Å². The number of hydrazine groups is 1.